The zero-order valence-electron chi connectivity index (χ0n) is 5.20. The molecule has 1 heterocycles. The molecule has 0 aliphatic heterocycles. The van der Waals surface area contributed by atoms with Crippen LogP contribution in [0.3, 0.4) is 0 Å². The van der Waals surface area contributed by atoms with E-state index in [9.17, 15) is 0 Å². The summed E-state index contributed by atoms with van der Waals surface area (Å²) in [5, 5.41) is 4.42. The Morgan fingerprint density at radius 1 is 1.78 bits per heavy atom. The molecule has 3 nitrogen and oxygen atoms in total. The summed E-state index contributed by atoms with van der Waals surface area (Å²) in [4.78, 5) is 0. The van der Waals surface area contributed by atoms with Gasteiger partial charge in [-0.1, -0.05) is 11.4 Å². The van der Waals surface area contributed by atoms with Gasteiger partial charge in [-0.15, -0.1) is 5.10 Å². The Labute approximate surface area is 57.8 Å². The Kier molecular flexibility index (Phi) is 2.45. The molecule has 0 aliphatic rings. The zero-order valence-corrected chi connectivity index (χ0v) is 6.02. The van der Waals surface area contributed by atoms with E-state index in [1.54, 1.807) is 6.20 Å². The average molecular weight is 144 g/mol. The van der Waals surface area contributed by atoms with Gasteiger partial charge in [-0.25, -0.2) is 0 Å². The fourth-order valence-corrected chi connectivity index (χ4v) is 0.829. The van der Waals surface area contributed by atoms with E-state index in [4.69, 9.17) is 4.74 Å². The number of hydrogen-bond acceptors (Lipinski definition) is 4. The van der Waals surface area contributed by atoms with Gasteiger partial charge in [-0.2, -0.15) is 0 Å². The largest absolute Gasteiger partial charge is 0.482 e. The predicted molar refractivity (Wildman–Crippen MR) is 35.7 cm³/mol. The van der Waals surface area contributed by atoms with Crippen molar-refractivity contribution in [2.45, 2.75) is 13.3 Å². The van der Waals surface area contributed by atoms with E-state index in [-0.39, 0.29) is 0 Å². The Bertz CT molecular complexity index is 152. The van der Waals surface area contributed by atoms with Crippen LogP contribution in [0.15, 0.2) is 6.20 Å². The van der Waals surface area contributed by atoms with E-state index < -0.39 is 0 Å². The molecule has 0 atom stereocenters. The first-order valence-electron chi connectivity index (χ1n) is 2.83. The molecule has 1 aromatic rings. The summed E-state index contributed by atoms with van der Waals surface area (Å²) in [5.74, 6) is 0. The van der Waals surface area contributed by atoms with Crippen LogP contribution < -0.4 is 4.74 Å². The highest BCUT2D eigenvalue weighted by molar-refractivity contribution is 7.07. The first kappa shape index (κ1) is 6.48. The summed E-state index contributed by atoms with van der Waals surface area (Å²) < 4.78 is 8.83. The van der Waals surface area contributed by atoms with Crippen molar-refractivity contribution >= 4 is 11.5 Å². The molecule has 0 bridgehead atoms. The first-order valence-corrected chi connectivity index (χ1v) is 3.61. The second kappa shape index (κ2) is 3.40. The third-order valence-electron chi connectivity index (χ3n) is 0.790. The topological polar surface area (TPSA) is 35.0 Å². The number of aromatic nitrogens is 2. The van der Waals surface area contributed by atoms with E-state index in [2.05, 4.69) is 16.5 Å². The predicted octanol–water partition coefficient (Wildman–Crippen LogP) is 1.33. The summed E-state index contributed by atoms with van der Waals surface area (Å²) in [6, 6.07) is 0. The molecule has 9 heavy (non-hydrogen) atoms. The number of nitrogens with zero attached hydrogens (tertiary/aromatic N) is 2. The van der Waals surface area contributed by atoms with Gasteiger partial charge in [0, 0.05) is 11.5 Å². The van der Waals surface area contributed by atoms with Gasteiger partial charge in [0.1, 0.15) is 6.20 Å². The van der Waals surface area contributed by atoms with Crippen LogP contribution in [-0.4, -0.2) is 16.2 Å². The molecular weight excluding hydrogens is 136 g/mol. The molecule has 0 amide bonds. The molecule has 1 aromatic heterocycles. The van der Waals surface area contributed by atoms with E-state index in [0.717, 1.165) is 18.1 Å². The van der Waals surface area contributed by atoms with E-state index in [0.29, 0.717) is 0 Å². The first-order chi connectivity index (χ1) is 4.43. The van der Waals surface area contributed by atoms with Crippen LogP contribution in [0.4, 0.5) is 0 Å². The van der Waals surface area contributed by atoms with Crippen molar-refractivity contribution in [3.63, 3.8) is 0 Å². The minimum absolute atomic E-state index is 0.754. The van der Waals surface area contributed by atoms with Crippen molar-refractivity contribution in [2.24, 2.45) is 0 Å². The molecule has 1 rings (SSSR count). The third-order valence-corrected chi connectivity index (χ3v) is 1.37. The van der Waals surface area contributed by atoms with E-state index in [1.807, 2.05) is 0 Å². The molecule has 0 N–H and O–H groups in total. The highest BCUT2D eigenvalue weighted by Crippen LogP contribution is 2.12. The quantitative estimate of drug-likeness (QED) is 0.641. The number of rotatable bonds is 3. The lowest BCUT2D eigenvalue weighted by molar-refractivity contribution is 0.326. The van der Waals surface area contributed by atoms with Gasteiger partial charge < -0.3 is 4.74 Å². The minimum Gasteiger partial charge on any atom is -0.482 e. The Balaban J connectivity index is 2.30. The molecule has 50 valence electrons. The lowest BCUT2D eigenvalue weighted by atomic mass is 10.5. The van der Waals surface area contributed by atoms with Gasteiger partial charge in [0.25, 0.3) is 0 Å². The maximum atomic E-state index is 5.19. The Morgan fingerprint density at radius 3 is 3.22 bits per heavy atom. The lowest BCUT2D eigenvalue weighted by Crippen LogP contribution is -1.91. The zero-order chi connectivity index (χ0) is 6.53. The molecular formula is C5H8N2OS. The highest BCUT2D eigenvalue weighted by atomic mass is 32.1. The van der Waals surface area contributed by atoms with E-state index in [1.165, 1.54) is 11.5 Å². The summed E-state index contributed by atoms with van der Waals surface area (Å²) in [6.07, 6.45) is 2.65. The van der Waals surface area contributed by atoms with Crippen molar-refractivity contribution in [1.82, 2.24) is 9.59 Å². The highest BCUT2D eigenvalue weighted by Gasteiger charge is 1.92. The molecule has 0 saturated heterocycles. The second-order valence-electron chi connectivity index (χ2n) is 1.59. The fraction of sp³-hybridized carbons (Fsp3) is 0.600. The van der Waals surface area contributed by atoms with Crippen LogP contribution in [0, 0.1) is 0 Å². The fourth-order valence-electron chi connectivity index (χ4n) is 0.424. The molecule has 0 saturated carbocycles. The van der Waals surface area contributed by atoms with Crippen molar-refractivity contribution in [1.29, 1.82) is 0 Å². The molecule has 0 spiro atoms. The molecule has 4 heteroatoms. The average Bonchev–Trinajstić information content (AvgIpc) is 2.34. The van der Waals surface area contributed by atoms with Crippen LogP contribution in [0.1, 0.15) is 13.3 Å². The summed E-state index contributed by atoms with van der Waals surface area (Å²) >= 11 is 1.28. The normalized spacial score (nSPS) is 9.44. The molecule has 0 fully saturated rings. The van der Waals surface area contributed by atoms with Crippen LogP contribution >= 0.6 is 11.5 Å². The van der Waals surface area contributed by atoms with Crippen LogP contribution in [0.2, 0.25) is 0 Å². The van der Waals surface area contributed by atoms with Gasteiger partial charge >= 0.3 is 0 Å². The van der Waals surface area contributed by atoms with Crippen molar-refractivity contribution in [3.05, 3.63) is 6.20 Å². The minimum atomic E-state index is 0.754. The van der Waals surface area contributed by atoms with Crippen LogP contribution in [0.25, 0.3) is 0 Å². The third kappa shape index (κ3) is 1.97. The van der Waals surface area contributed by atoms with E-state index >= 15 is 0 Å². The van der Waals surface area contributed by atoms with Gasteiger partial charge in [-0.3, -0.25) is 0 Å². The summed E-state index contributed by atoms with van der Waals surface area (Å²) in [7, 11) is 0. The van der Waals surface area contributed by atoms with Crippen molar-refractivity contribution in [2.75, 3.05) is 6.61 Å². The van der Waals surface area contributed by atoms with Crippen LogP contribution in [-0.2, 0) is 0 Å². The van der Waals surface area contributed by atoms with Gasteiger partial charge in [0.05, 0.1) is 6.61 Å². The Morgan fingerprint density at radius 2 is 2.67 bits per heavy atom. The molecule has 0 unspecified atom stereocenters. The number of ether oxygens (including phenoxy) is 1. The van der Waals surface area contributed by atoms with Gasteiger partial charge in [-0.05, 0) is 6.42 Å². The Hall–Kier alpha value is -0.640. The number of hydrogen-bond donors (Lipinski definition) is 0. The maximum absolute atomic E-state index is 5.19. The smallest absolute Gasteiger partial charge is 0.214 e. The second-order valence-corrected chi connectivity index (χ2v) is 2.33. The summed E-state index contributed by atoms with van der Waals surface area (Å²) in [5.41, 5.74) is 0. The SMILES string of the molecule is CCCOc1cnns1. The standard InChI is InChI=1S/C5H8N2OS/c1-2-3-8-5-4-6-7-9-5/h4H,2-3H2,1H3. The van der Waals surface area contributed by atoms with Gasteiger partial charge in [0.2, 0.25) is 5.06 Å². The van der Waals surface area contributed by atoms with Crippen molar-refractivity contribution in [3.8, 4) is 5.06 Å². The lowest BCUT2D eigenvalue weighted by Gasteiger charge is -1.95. The maximum Gasteiger partial charge on any atom is 0.214 e. The molecule has 0 aliphatic carbocycles. The molecule has 0 aromatic carbocycles. The van der Waals surface area contributed by atoms with Crippen molar-refractivity contribution < 1.29 is 4.74 Å². The molecule has 0 radical (unpaired) electrons. The summed E-state index contributed by atoms with van der Waals surface area (Å²) in [6.45, 7) is 2.82. The van der Waals surface area contributed by atoms with Crippen LogP contribution in [0.5, 0.6) is 5.06 Å². The van der Waals surface area contributed by atoms with Gasteiger partial charge in [0.15, 0.2) is 0 Å². The monoisotopic (exact) mass is 144 g/mol.